The van der Waals surface area contributed by atoms with Crippen molar-refractivity contribution in [1.29, 1.82) is 5.26 Å². The third-order valence-corrected chi connectivity index (χ3v) is 3.78. The average molecular weight is 372 g/mol. The number of carbonyl (C=O) groups is 1. The summed E-state index contributed by atoms with van der Waals surface area (Å²) in [6, 6.07) is 2.77. The lowest BCUT2D eigenvalue weighted by atomic mass is 9.93. The molecule has 1 amide bonds. The highest BCUT2D eigenvalue weighted by Gasteiger charge is 2.32. The maximum absolute atomic E-state index is 12.6. The highest BCUT2D eigenvalue weighted by Crippen LogP contribution is 2.33. The Balaban J connectivity index is 2.23. The number of aromatic nitrogens is 1. The Labute approximate surface area is 146 Å². The number of rotatable bonds is 3. The second kappa shape index (κ2) is 7.11. The molecule has 2 rings (SSSR count). The number of alkyl halides is 3. The van der Waals surface area contributed by atoms with E-state index in [-0.39, 0.29) is 23.2 Å². The van der Waals surface area contributed by atoms with Gasteiger partial charge in [0.25, 0.3) is 0 Å². The Hall–Kier alpha value is -2.60. The summed E-state index contributed by atoms with van der Waals surface area (Å²) in [7, 11) is 1.45. The van der Waals surface area contributed by atoms with Gasteiger partial charge in [-0.15, -0.1) is 0 Å². The molecule has 0 radical (unpaired) electrons. The number of anilines is 1. The molecule has 0 aliphatic carbocycles. The standard InChI is InChI=1S/C15H13ClF3N5O/c1-8-11(5-20)9(3-13(25)23-8)6-22-24(2)14-12(16)4-10(7-21-14)15(17,18)19/h4,6-7,9H,3H2,1-2H3,(H,23,25)/b22-6-/t9-/m0/s1. The predicted octanol–water partition coefficient (Wildman–Crippen LogP) is 3.11. The van der Waals surface area contributed by atoms with Crippen LogP contribution < -0.4 is 10.3 Å². The first-order chi connectivity index (χ1) is 11.6. The third kappa shape index (κ3) is 4.28. The number of nitrogens with one attached hydrogen (secondary N) is 1. The van der Waals surface area contributed by atoms with E-state index in [2.05, 4.69) is 15.4 Å². The topological polar surface area (TPSA) is 81.4 Å². The van der Waals surface area contributed by atoms with Crippen LogP contribution in [-0.4, -0.2) is 24.2 Å². The van der Waals surface area contributed by atoms with Gasteiger partial charge in [-0.05, 0) is 13.0 Å². The van der Waals surface area contributed by atoms with Gasteiger partial charge in [0.15, 0.2) is 5.82 Å². The van der Waals surface area contributed by atoms with Crippen molar-refractivity contribution in [3.8, 4) is 6.07 Å². The van der Waals surface area contributed by atoms with Crippen LogP contribution in [0, 0.1) is 17.2 Å². The van der Waals surface area contributed by atoms with Crippen molar-refractivity contribution in [3.05, 3.63) is 34.1 Å². The highest BCUT2D eigenvalue weighted by atomic mass is 35.5. The highest BCUT2D eigenvalue weighted by molar-refractivity contribution is 6.33. The van der Waals surface area contributed by atoms with Crippen LogP contribution >= 0.6 is 11.6 Å². The fourth-order valence-electron chi connectivity index (χ4n) is 2.26. The zero-order chi connectivity index (χ0) is 18.8. The van der Waals surface area contributed by atoms with Gasteiger partial charge in [0.1, 0.15) is 0 Å². The van der Waals surface area contributed by atoms with Crippen molar-refractivity contribution < 1.29 is 18.0 Å². The van der Waals surface area contributed by atoms with Gasteiger partial charge in [-0.1, -0.05) is 11.6 Å². The molecule has 0 unspecified atom stereocenters. The van der Waals surface area contributed by atoms with E-state index in [9.17, 15) is 23.2 Å². The Bertz CT molecular complexity index is 797. The normalized spacial score (nSPS) is 18.3. The average Bonchev–Trinajstić information content (AvgIpc) is 2.51. The molecule has 1 aliphatic heterocycles. The molecule has 0 bridgehead atoms. The first-order valence-electron chi connectivity index (χ1n) is 7.04. The van der Waals surface area contributed by atoms with E-state index < -0.39 is 17.7 Å². The van der Waals surface area contributed by atoms with E-state index in [1.165, 1.54) is 18.3 Å². The molecule has 6 nitrogen and oxygen atoms in total. The Kier molecular flexibility index (Phi) is 5.33. The minimum atomic E-state index is -4.55. The minimum absolute atomic E-state index is 0.0189. The monoisotopic (exact) mass is 371 g/mol. The number of nitrogens with zero attached hydrogens (tertiary/aromatic N) is 4. The van der Waals surface area contributed by atoms with Gasteiger partial charge < -0.3 is 5.32 Å². The molecule has 10 heteroatoms. The third-order valence-electron chi connectivity index (χ3n) is 3.50. The summed E-state index contributed by atoms with van der Waals surface area (Å²) in [6.07, 6.45) is -2.47. The number of hydrazone groups is 1. The lowest BCUT2D eigenvalue weighted by Crippen LogP contribution is -2.32. The van der Waals surface area contributed by atoms with Crippen LogP contribution in [-0.2, 0) is 11.0 Å². The molecule has 0 aromatic carbocycles. The van der Waals surface area contributed by atoms with Crippen molar-refractivity contribution >= 4 is 29.5 Å². The van der Waals surface area contributed by atoms with Gasteiger partial charge in [0, 0.05) is 37.5 Å². The van der Waals surface area contributed by atoms with Crippen molar-refractivity contribution in [2.45, 2.75) is 19.5 Å². The molecule has 1 atom stereocenters. The number of allylic oxidation sites excluding steroid dienone is 2. The van der Waals surface area contributed by atoms with Gasteiger partial charge in [-0.2, -0.15) is 23.5 Å². The number of carbonyl (C=O) groups excluding carboxylic acids is 1. The van der Waals surface area contributed by atoms with Crippen LogP contribution in [0.15, 0.2) is 28.6 Å². The van der Waals surface area contributed by atoms with Crippen LogP contribution in [0.25, 0.3) is 0 Å². The molecule has 1 aliphatic rings. The molecule has 1 aromatic rings. The largest absolute Gasteiger partial charge is 0.417 e. The maximum Gasteiger partial charge on any atom is 0.417 e. The van der Waals surface area contributed by atoms with Crippen LogP contribution in [0.5, 0.6) is 0 Å². The Morgan fingerprint density at radius 1 is 1.56 bits per heavy atom. The molecule has 1 aromatic heterocycles. The molecule has 2 heterocycles. The second-order valence-corrected chi connectivity index (χ2v) is 5.73. The van der Waals surface area contributed by atoms with Gasteiger partial charge in [-0.3, -0.25) is 9.80 Å². The van der Waals surface area contributed by atoms with Crippen molar-refractivity contribution in [2.75, 3.05) is 12.1 Å². The number of amides is 1. The maximum atomic E-state index is 12.6. The molecule has 132 valence electrons. The number of nitriles is 1. The van der Waals surface area contributed by atoms with Gasteiger partial charge in [0.05, 0.1) is 22.2 Å². The first kappa shape index (κ1) is 18.7. The molecule has 0 fully saturated rings. The molecule has 0 saturated heterocycles. The lowest BCUT2D eigenvalue weighted by molar-refractivity contribution is -0.137. The van der Waals surface area contributed by atoms with Crippen molar-refractivity contribution in [3.63, 3.8) is 0 Å². The van der Waals surface area contributed by atoms with E-state index in [4.69, 9.17) is 11.6 Å². The fourth-order valence-corrected chi connectivity index (χ4v) is 2.55. The van der Waals surface area contributed by atoms with Crippen LogP contribution in [0.2, 0.25) is 5.02 Å². The molecule has 25 heavy (non-hydrogen) atoms. The van der Waals surface area contributed by atoms with E-state index in [0.29, 0.717) is 17.5 Å². The molecular formula is C15H13ClF3N5O. The molecule has 0 spiro atoms. The molecule has 1 N–H and O–H groups in total. The molecule has 0 saturated carbocycles. The van der Waals surface area contributed by atoms with E-state index in [1.807, 2.05) is 6.07 Å². The van der Waals surface area contributed by atoms with E-state index in [0.717, 1.165) is 6.07 Å². The number of hydrogen-bond acceptors (Lipinski definition) is 5. The summed E-state index contributed by atoms with van der Waals surface area (Å²) in [4.78, 5) is 15.3. The summed E-state index contributed by atoms with van der Waals surface area (Å²) < 4.78 is 37.9. The number of pyridine rings is 1. The van der Waals surface area contributed by atoms with Crippen molar-refractivity contribution in [1.82, 2.24) is 10.3 Å². The van der Waals surface area contributed by atoms with Crippen LogP contribution in [0.1, 0.15) is 18.9 Å². The summed E-state index contributed by atoms with van der Waals surface area (Å²) >= 11 is 5.85. The summed E-state index contributed by atoms with van der Waals surface area (Å²) in [6.45, 7) is 1.61. The van der Waals surface area contributed by atoms with Gasteiger partial charge in [0.2, 0.25) is 5.91 Å². The van der Waals surface area contributed by atoms with Gasteiger partial charge in [-0.25, -0.2) is 4.98 Å². The molecular weight excluding hydrogens is 359 g/mol. The summed E-state index contributed by atoms with van der Waals surface area (Å²) in [5, 5.41) is 16.8. The Morgan fingerprint density at radius 2 is 2.24 bits per heavy atom. The Morgan fingerprint density at radius 3 is 2.80 bits per heavy atom. The quantitative estimate of drug-likeness (QED) is 0.654. The predicted molar refractivity (Wildman–Crippen MR) is 85.7 cm³/mol. The van der Waals surface area contributed by atoms with Crippen LogP contribution in [0.3, 0.4) is 0 Å². The van der Waals surface area contributed by atoms with E-state index in [1.54, 1.807) is 6.92 Å². The van der Waals surface area contributed by atoms with E-state index >= 15 is 0 Å². The fraction of sp³-hybridized carbons (Fsp3) is 0.333. The number of hydrogen-bond donors (Lipinski definition) is 1. The van der Waals surface area contributed by atoms with Crippen molar-refractivity contribution in [2.24, 2.45) is 11.0 Å². The smallest absolute Gasteiger partial charge is 0.329 e. The zero-order valence-corrected chi connectivity index (χ0v) is 14.0. The number of halogens is 4. The first-order valence-corrected chi connectivity index (χ1v) is 7.42. The second-order valence-electron chi connectivity index (χ2n) is 5.32. The zero-order valence-electron chi connectivity index (χ0n) is 13.2. The lowest BCUT2D eigenvalue weighted by Gasteiger charge is -2.21. The summed E-state index contributed by atoms with van der Waals surface area (Å²) in [5.74, 6) is -0.763. The van der Waals surface area contributed by atoms with Gasteiger partial charge >= 0.3 is 6.18 Å². The van der Waals surface area contributed by atoms with Crippen LogP contribution in [0.4, 0.5) is 19.0 Å². The SMILES string of the molecule is CC1=C(C#N)[C@H](/C=N\N(C)c2ncc(C(F)(F)F)cc2Cl)CC(=O)N1. The summed E-state index contributed by atoms with van der Waals surface area (Å²) in [5.41, 5.74) is -0.153. The minimum Gasteiger partial charge on any atom is -0.329 e.